The average Bonchev–Trinajstić information content (AvgIpc) is 2.93. The zero-order chi connectivity index (χ0) is 18.0. The van der Waals surface area contributed by atoms with Gasteiger partial charge in [-0.05, 0) is 30.5 Å². The van der Waals surface area contributed by atoms with Crippen LogP contribution in [0.25, 0.3) is 11.0 Å². The van der Waals surface area contributed by atoms with E-state index in [-0.39, 0.29) is 11.8 Å². The van der Waals surface area contributed by atoms with Crippen molar-refractivity contribution in [3.8, 4) is 0 Å². The largest absolute Gasteiger partial charge is 0.342 e. The number of amides is 2. The van der Waals surface area contributed by atoms with E-state index in [1.807, 2.05) is 34.9 Å². The number of nitrogens with zero attached hydrogens (tertiary/aromatic N) is 3. The van der Waals surface area contributed by atoms with Gasteiger partial charge in [0.2, 0.25) is 11.8 Å². The van der Waals surface area contributed by atoms with Gasteiger partial charge in [-0.3, -0.25) is 9.59 Å². The van der Waals surface area contributed by atoms with E-state index in [1.165, 1.54) is 0 Å². The fraction of sp³-hybridized carbons (Fsp3) is 0.526. The van der Waals surface area contributed by atoms with E-state index in [0.717, 1.165) is 22.4 Å². The quantitative estimate of drug-likeness (QED) is 0.925. The van der Waals surface area contributed by atoms with Gasteiger partial charge in [-0.25, -0.2) is 4.98 Å². The number of hydrogen-bond acceptors (Lipinski definition) is 3. The molecule has 1 saturated heterocycles. The summed E-state index contributed by atoms with van der Waals surface area (Å²) in [5.74, 6) is 1.56. The predicted molar refractivity (Wildman–Crippen MR) is 97.1 cm³/mol. The van der Waals surface area contributed by atoms with Gasteiger partial charge in [-0.1, -0.05) is 19.9 Å². The highest BCUT2D eigenvalue weighted by Gasteiger charge is 2.24. The summed E-state index contributed by atoms with van der Waals surface area (Å²) in [5.41, 5.74) is 2.87. The Bertz CT molecular complexity index is 773. The summed E-state index contributed by atoms with van der Waals surface area (Å²) in [6.07, 6.45) is 0.964. The SMILES string of the molecule is Cc1nc2ccc(CC(=O)N3CCN(C(=O)CC(C)C)CC3)cc2[nH]1. The van der Waals surface area contributed by atoms with Crippen molar-refractivity contribution in [1.82, 2.24) is 19.8 Å². The lowest BCUT2D eigenvalue weighted by Gasteiger charge is -2.35. The van der Waals surface area contributed by atoms with Gasteiger partial charge in [0, 0.05) is 32.6 Å². The molecule has 1 fully saturated rings. The van der Waals surface area contributed by atoms with Crippen molar-refractivity contribution in [2.24, 2.45) is 5.92 Å². The maximum Gasteiger partial charge on any atom is 0.227 e. The Morgan fingerprint density at radius 2 is 1.76 bits per heavy atom. The maximum atomic E-state index is 12.6. The smallest absolute Gasteiger partial charge is 0.227 e. The average molecular weight is 342 g/mol. The zero-order valence-corrected chi connectivity index (χ0v) is 15.2. The molecular formula is C19H26N4O2. The Morgan fingerprint density at radius 1 is 1.12 bits per heavy atom. The first kappa shape index (κ1) is 17.5. The maximum absolute atomic E-state index is 12.6. The van der Waals surface area contributed by atoms with E-state index in [9.17, 15) is 9.59 Å². The van der Waals surface area contributed by atoms with Crippen molar-refractivity contribution in [2.75, 3.05) is 26.2 Å². The Morgan fingerprint density at radius 3 is 2.40 bits per heavy atom. The fourth-order valence-corrected chi connectivity index (χ4v) is 3.26. The molecule has 0 radical (unpaired) electrons. The Hall–Kier alpha value is -2.37. The summed E-state index contributed by atoms with van der Waals surface area (Å²) >= 11 is 0. The first-order valence-corrected chi connectivity index (χ1v) is 8.93. The predicted octanol–water partition coefficient (Wildman–Crippen LogP) is 2.13. The van der Waals surface area contributed by atoms with Crippen LogP contribution in [-0.4, -0.2) is 57.8 Å². The first-order valence-electron chi connectivity index (χ1n) is 8.93. The van der Waals surface area contributed by atoms with Gasteiger partial charge in [-0.15, -0.1) is 0 Å². The van der Waals surface area contributed by atoms with Crippen LogP contribution in [0, 0.1) is 12.8 Å². The van der Waals surface area contributed by atoms with Crippen LogP contribution < -0.4 is 0 Å². The molecule has 0 unspecified atom stereocenters. The molecule has 25 heavy (non-hydrogen) atoms. The third-order valence-corrected chi connectivity index (χ3v) is 4.59. The molecule has 3 rings (SSSR count). The molecule has 1 aromatic heterocycles. The number of aromatic amines is 1. The standard InChI is InChI=1S/C19H26N4O2/c1-13(2)10-18(24)22-6-8-23(9-7-22)19(25)12-15-4-5-16-17(11-15)21-14(3)20-16/h4-5,11,13H,6-10,12H2,1-3H3,(H,20,21). The number of benzene rings is 1. The molecule has 0 spiro atoms. The van der Waals surface area contributed by atoms with Crippen LogP contribution in [0.4, 0.5) is 0 Å². The summed E-state index contributed by atoms with van der Waals surface area (Å²) in [6, 6.07) is 5.91. The van der Waals surface area contributed by atoms with Crippen LogP contribution in [0.2, 0.25) is 0 Å². The van der Waals surface area contributed by atoms with Crippen molar-refractivity contribution in [2.45, 2.75) is 33.6 Å². The summed E-state index contributed by atoms with van der Waals surface area (Å²) in [7, 11) is 0. The number of imidazole rings is 1. The Labute approximate surface area is 148 Å². The Kier molecular flexibility index (Phi) is 5.06. The van der Waals surface area contributed by atoms with Gasteiger partial charge in [0.05, 0.1) is 17.5 Å². The van der Waals surface area contributed by atoms with Gasteiger partial charge in [-0.2, -0.15) is 0 Å². The van der Waals surface area contributed by atoms with Crippen LogP contribution in [0.5, 0.6) is 0 Å². The van der Waals surface area contributed by atoms with E-state index < -0.39 is 0 Å². The van der Waals surface area contributed by atoms with Gasteiger partial charge >= 0.3 is 0 Å². The molecule has 6 nitrogen and oxygen atoms in total. The molecule has 6 heteroatoms. The van der Waals surface area contributed by atoms with Crippen LogP contribution >= 0.6 is 0 Å². The number of carbonyl (C=O) groups excluding carboxylic acids is 2. The van der Waals surface area contributed by atoms with Crippen LogP contribution in [0.1, 0.15) is 31.7 Å². The number of carbonyl (C=O) groups is 2. The highest BCUT2D eigenvalue weighted by molar-refractivity contribution is 5.82. The minimum atomic E-state index is 0.117. The molecule has 1 aliphatic rings. The molecule has 0 aliphatic carbocycles. The van der Waals surface area contributed by atoms with Crippen molar-refractivity contribution >= 4 is 22.8 Å². The van der Waals surface area contributed by atoms with Gasteiger partial charge in [0.25, 0.3) is 0 Å². The number of hydrogen-bond donors (Lipinski definition) is 1. The number of aromatic nitrogens is 2. The zero-order valence-electron chi connectivity index (χ0n) is 15.2. The molecule has 0 saturated carbocycles. The number of aryl methyl sites for hydroxylation is 1. The van der Waals surface area contributed by atoms with E-state index in [0.29, 0.717) is 44.9 Å². The summed E-state index contributed by atoms with van der Waals surface area (Å²) in [6.45, 7) is 8.53. The van der Waals surface area contributed by atoms with Crippen molar-refractivity contribution in [3.63, 3.8) is 0 Å². The number of fused-ring (bicyclic) bond motifs is 1. The lowest BCUT2D eigenvalue weighted by Crippen LogP contribution is -2.51. The molecule has 0 atom stereocenters. The lowest BCUT2D eigenvalue weighted by molar-refractivity contribution is -0.139. The molecule has 2 heterocycles. The molecular weight excluding hydrogens is 316 g/mol. The minimum Gasteiger partial charge on any atom is -0.342 e. The third kappa shape index (κ3) is 4.18. The van der Waals surface area contributed by atoms with Crippen molar-refractivity contribution < 1.29 is 9.59 Å². The van der Waals surface area contributed by atoms with Gasteiger partial charge in [0.1, 0.15) is 5.82 Å². The summed E-state index contributed by atoms with van der Waals surface area (Å²) in [5, 5.41) is 0. The Balaban J connectivity index is 1.56. The van der Waals surface area contributed by atoms with E-state index in [4.69, 9.17) is 0 Å². The second-order valence-electron chi connectivity index (χ2n) is 7.21. The fourth-order valence-electron chi connectivity index (χ4n) is 3.26. The third-order valence-electron chi connectivity index (χ3n) is 4.59. The molecule has 0 bridgehead atoms. The van der Waals surface area contributed by atoms with E-state index in [1.54, 1.807) is 0 Å². The second kappa shape index (κ2) is 7.25. The molecule has 2 aromatic rings. The number of H-pyrrole nitrogens is 1. The van der Waals surface area contributed by atoms with Crippen LogP contribution in [0.3, 0.4) is 0 Å². The molecule has 1 aliphatic heterocycles. The van der Waals surface area contributed by atoms with Gasteiger partial charge in [0.15, 0.2) is 0 Å². The highest BCUT2D eigenvalue weighted by atomic mass is 16.2. The van der Waals surface area contributed by atoms with E-state index in [2.05, 4.69) is 23.8 Å². The van der Waals surface area contributed by atoms with Crippen molar-refractivity contribution in [1.29, 1.82) is 0 Å². The monoisotopic (exact) mass is 342 g/mol. The van der Waals surface area contributed by atoms with E-state index >= 15 is 0 Å². The highest BCUT2D eigenvalue weighted by Crippen LogP contribution is 2.15. The van der Waals surface area contributed by atoms with Crippen LogP contribution in [0.15, 0.2) is 18.2 Å². The number of nitrogens with one attached hydrogen (secondary N) is 1. The lowest BCUT2D eigenvalue weighted by atomic mass is 10.1. The molecule has 1 aromatic carbocycles. The topological polar surface area (TPSA) is 69.3 Å². The first-order chi connectivity index (χ1) is 11.9. The summed E-state index contributed by atoms with van der Waals surface area (Å²) in [4.78, 5) is 36.0. The van der Waals surface area contributed by atoms with Crippen LogP contribution in [-0.2, 0) is 16.0 Å². The number of rotatable bonds is 4. The van der Waals surface area contributed by atoms with Crippen molar-refractivity contribution in [3.05, 3.63) is 29.6 Å². The molecule has 1 N–H and O–H groups in total. The van der Waals surface area contributed by atoms with Gasteiger partial charge < -0.3 is 14.8 Å². The number of piperazine rings is 1. The normalized spacial score (nSPS) is 15.2. The summed E-state index contributed by atoms with van der Waals surface area (Å²) < 4.78 is 0. The molecule has 2 amide bonds. The second-order valence-corrected chi connectivity index (χ2v) is 7.21. The minimum absolute atomic E-state index is 0.117. The molecule has 134 valence electrons.